The second-order valence-electron chi connectivity index (χ2n) is 4.42. The van der Waals surface area contributed by atoms with Gasteiger partial charge in [-0.05, 0) is 48.6 Å². The average Bonchev–Trinajstić information content (AvgIpc) is 2.42. The van der Waals surface area contributed by atoms with Crippen LogP contribution in [0.4, 0.5) is 5.69 Å². The van der Waals surface area contributed by atoms with Crippen molar-refractivity contribution in [2.45, 2.75) is 13.8 Å². The van der Waals surface area contributed by atoms with Crippen molar-refractivity contribution in [1.82, 2.24) is 4.98 Å². The maximum absolute atomic E-state index is 9.24. The van der Waals surface area contributed by atoms with E-state index in [1.165, 1.54) is 0 Å². The summed E-state index contributed by atoms with van der Waals surface area (Å²) in [6, 6.07) is 9.05. The summed E-state index contributed by atoms with van der Waals surface area (Å²) >= 11 is 2.05. The average molecular weight is 390 g/mol. The van der Waals surface area contributed by atoms with Crippen molar-refractivity contribution in [3.63, 3.8) is 0 Å². The third kappa shape index (κ3) is 3.06. The summed E-state index contributed by atoms with van der Waals surface area (Å²) in [4.78, 5) is 4.24. The van der Waals surface area contributed by atoms with Gasteiger partial charge in [-0.15, -0.1) is 0 Å². The first-order chi connectivity index (χ1) is 9.96. The van der Waals surface area contributed by atoms with Crippen molar-refractivity contribution in [3.05, 3.63) is 44.3 Å². The van der Waals surface area contributed by atoms with Gasteiger partial charge in [-0.25, -0.2) is 0 Å². The molecule has 0 aliphatic heterocycles. The molecule has 21 heavy (non-hydrogen) atoms. The van der Waals surface area contributed by atoms with Crippen LogP contribution in [0.15, 0.2) is 18.2 Å². The molecule has 0 unspecified atom stereocenters. The van der Waals surface area contributed by atoms with Crippen molar-refractivity contribution >= 4 is 28.3 Å². The Hall–Kier alpha value is -2.32. The number of halogens is 1. The summed E-state index contributed by atoms with van der Waals surface area (Å²) in [5.74, 6) is 0.855. The first-order valence-electron chi connectivity index (χ1n) is 6.01. The van der Waals surface area contributed by atoms with E-state index in [-0.39, 0.29) is 0 Å². The number of benzene rings is 1. The van der Waals surface area contributed by atoms with Gasteiger partial charge in [0.25, 0.3) is 0 Å². The van der Waals surface area contributed by atoms with Crippen LogP contribution < -0.4 is 10.5 Å². The number of aryl methyl sites for hydroxylation is 2. The molecule has 0 amide bonds. The first-order valence-corrected chi connectivity index (χ1v) is 7.09. The van der Waals surface area contributed by atoms with Gasteiger partial charge in [-0.2, -0.15) is 10.5 Å². The molecule has 0 saturated heterocycles. The summed E-state index contributed by atoms with van der Waals surface area (Å²) in [5.41, 5.74) is 8.49. The number of ether oxygens (including phenoxy) is 1. The number of hydrogen-bond acceptors (Lipinski definition) is 5. The second-order valence-corrected chi connectivity index (χ2v) is 5.59. The zero-order chi connectivity index (χ0) is 15.6. The lowest BCUT2D eigenvalue weighted by Crippen LogP contribution is -2.00. The minimum atomic E-state index is 0.356. The van der Waals surface area contributed by atoms with Gasteiger partial charge in [0.1, 0.15) is 17.4 Å². The molecule has 6 heteroatoms. The number of nitrogens with two attached hydrogens (primary N) is 1. The number of aromatic nitrogens is 1. The molecule has 1 aromatic carbocycles. The van der Waals surface area contributed by atoms with Crippen LogP contribution in [0.25, 0.3) is 0 Å². The van der Waals surface area contributed by atoms with Crippen LogP contribution in [0, 0.1) is 40.1 Å². The Bertz CT molecular complexity index is 780. The molecule has 1 heterocycles. The Balaban J connectivity index is 2.54. The summed E-state index contributed by atoms with van der Waals surface area (Å²) in [5, 5.41) is 18.2. The van der Waals surface area contributed by atoms with Crippen LogP contribution >= 0.6 is 22.6 Å². The van der Waals surface area contributed by atoms with E-state index < -0.39 is 0 Å². The third-order valence-corrected chi connectivity index (χ3v) is 3.62. The molecule has 5 nitrogen and oxygen atoms in total. The van der Waals surface area contributed by atoms with Gasteiger partial charge in [-0.1, -0.05) is 0 Å². The van der Waals surface area contributed by atoms with Gasteiger partial charge in [0, 0.05) is 11.8 Å². The number of anilines is 1. The summed E-state index contributed by atoms with van der Waals surface area (Å²) < 4.78 is 6.53. The number of pyridine rings is 1. The predicted molar refractivity (Wildman–Crippen MR) is 86.8 cm³/mol. The molecule has 2 N–H and O–H groups in total. The first kappa shape index (κ1) is 15.1. The highest BCUT2D eigenvalue weighted by Crippen LogP contribution is 2.35. The second kappa shape index (κ2) is 5.98. The van der Waals surface area contributed by atoms with E-state index in [0.717, 1.165) is 5.69 Å². The summed E-state index contributed by atoms with van der Waals surface area (Å²) in [7, 11) is 0. The van der Waals surface area contributed by atoms with E-state index in [9.17, 15) is 5.26 Å². The topological polar surface area (TPSA) is 95.7 Å². The molecule has 0 atom stereocenters. The Labute approximate surface area is 136 Å². The minimum Gasteiger partial charge on any atom is -0.453 e. The van der Waals surface area contributed by atoms with E-state index in [1.54, 1.807) is 25.1 Å². The van der Waals surface area contributed by atoms with Crippen LogP contribution in [-0.2, 0) is 0 Å². The Morgan fingerprint density at radius 2 is 1.90 bits per heavy atom. The van der Waals surface area contributed by atoms with Crippen molar-refractivity contribution in [2.24, 2.45) is 0 Å². The number of hydrogen-bond donors (Lipinski definition) is 1. The molecular weight excluding hydrogens is 379 g/mol. The van der Waals surface area contributed by atoms with Crippen LogP contribution in [0.2, 0.25) is 0 Å². The Kier molecular flexibility index (Phi) is 4.29. The van der Waals surface area contributed by atoms with Crippen LogP contribution in [0.5, 0.6) is 11.5 Å². The standard InChI is InChI=1S/C15H11IN4O/c1-8-3-14(11(7-18)9(2)20-8)21-15-12(16)4-10(6-17)5-13(15)19/h3-5H,19H2,1-2H3. The van der Waals surface area contributed by atoms with Gasteiger partial charge in [-0.3, -0.25) is 4.98 Å². The Morgan fingerprint density at radius 1 is 1.19 bits per heavy atom. The molecule has 0 spiro atoms. The van der Waals surface area contributed by atoms with Crippen molar-refractivity contribution in [3.8, 4) is 23.6 Å². The molecule has 0 radical (unpaired) electrons. The van der Waals surface area contributed by atoms with Gasteiger partial charge in [0.2, 0.25) is 0 Å². The summed E-state index contributed by atoms with van der Waals surface area (Å²) in [6.45, 7) is 3.58. The SMILES string of the molecule is Cc1cc(Oc2c(N)cc(C#N)cc2I)c(C#N)c(C)n1. The van der Waals surface area contributed by atoms with Crippen molar-refractivity contribution in [1.29, 1.82) is 10.5 Å². The van der Waals surface area contributed by atoms with E-state index >= 15 is 0 Å². The quantitative estimate of drug-likeness (QED) is 0.626. The van der Waals surface area contributed by atoms with Crippen molar-refractivity contribution in [2.75, 3.05) is 5.73 Å². The lowest BCUT2D eigenvalue weighted by molar-refractivity contribution is 0.478. The fourth-order valence-electron chi connectivity index (χ4n) is 1.91. The number of nitrogen functional groups attached to an aromatic ring is 1. The molecule has 2 aromatic rings. The zero-order valence-corrected chi connectivity index (χ0v) is 13.6. The molecular formula is C15H11IN4O. The number of rotatable bonds is 2. The smallest absolute Gasteiger partial charge is 0.163 e. The van der Waals surface area contributed by atoms with E-state index in [4.69, 9.17) is 15.7 Å². The van der Waals surface area contributed by atoms with Crippen molar-refractivity contribution < 1.29 is 4.74 Å². The van der Waals surface area contributed by atoms with Gasteiger partial charge < -0.3 is 10.5 Å². The molecule has 0 bridgehead atoms. The minimum absolute atomic E-state index is 0.356. The number of nitriles is 2. The lowest BCUT2D eigenvalue weighted by Gasteiger charge is -2.13. The van der Waals surface area contributed by atoms with E-state index in [0.29, 0.717) is 37.6 Å². The third-order valence-electron chi connectivity index (χ3n) is 2.82. The Morgan fingerprint density at radius 3 is 2.48 bits per heavy atom. The maximum atomic E-state index is 9.24. The largest absolute Gasteiger partial charge is 0.453 e. The fourth-order valence-corrected chi connectivity index (χ4v) is 2.66. The highest BCUT2D eigenvalue weighted by atomic mass is 127. The lowest BCUT2D eigenvalue weighted by atomic mass is 10.1. The molecule has 0 saturated carbocycles. The monoisotopic (exact) mass is 390 g/mol. The summed E-state index contributed by atoms with van der Waals surface area (Å²) in [6.07, 6.45) is 0. The molecule has 0 fully saturated rings. The van der Waals surface area contributed by atoms with E-state index in [2.05, 4.69) is 11.1 Å². The highest BCUT2D eigenvalue weighted by molar-refractivity contribution is 14.1. The zero-order valence-electron chi connectivity index (χ0n) is 11.4. The van der Waals surface area contributed by atoms with Crippen LogP contribution in [0.3, 0.4) is 0 Å². The molecule has 1 aromatic heterocycles. The van der Waals surface area contributed by atoms with Crippen LogP contribution in [0.1, 0.15) is 22.5 Å². The highest BCUT2D eigenvalue weighted by Gasteiger charge is 2.14. The normalized spacial score (nSPS) is 9.76. The van der Waals surface area contributed by atoms with Gasteiger partial charge in [0.15, 0.2) is 5.75 Å². The predicted octanol–water partition coefficient (Wildman–Crippen LogP) is 3.42. The van der Waals surface area contributed by atoms with Gasteiger partial charge >= 0.3 is 0 Å². The maximum Gasteiger partial charge on any atom is 0.163 e. The van der Waals surface area contributed by atoms with Gasteiger partial charge in [0.05, 0.1) is 26.6 Å². The van der Waals surface area contributed by atoms with Crippen LogP contribution in [-0.4, -0.2) is 4.98 Å². The number of nitrogens with zero attached hydrogens (tertiary/aromatic N) is 3. The molecule has 2 rings (SSSR count). The molecule has 104 valence electrons. The molecule has 0 aliphatic carbocycles. The molecule has 0 aliphatic rings. The van der Waals surface area contributed by atoms with E-state index in [1.807, 2.05) is 35.6 Å². The fraction of sp³-hybridized carbons (Fsp3) is 0.133.